The van der Waals surface area contributed by atoms with Gasteiger partial charge in [0.2, 0.25) is 0 Å². The highest BCUT2D eigenvalue weighted by molar-refractivity contribution is 6.08. The van der Waals surface area contributed by atoms with Gasteiger partial charge in [-0.15, -0.1) is 0 Å². The summed E-state index contributed by atoms with van der Waals surface area (Å²) in [5.41, 5.74) is 6.13. The molecule has 3 heterocycles. The van der Waals surface area contributed by atoms with Crippen molar-refractivity contribution in [3.05, 3.63) is 96.5 Å². The summed E-state index contributed by atoms with van der Waals surface area (Å²) in [5, 5.41) is 2.86. The number of carbonyl (C=O) groups is 1. The van der Waals surface area contributed by atoms with Gasteiger partial charge >= 0.3 is 0 Å². The second-order valence-electron chi connectivity index (χ2n) is 8.53. The van der Waals surface area contributed by atoms with Gasteiger partial charge in [-0.05, 0) is 65.7 Å². The number of ether oxygens (including phenoxy) is 1. The quantitative estimate of drug-likeness (QED) is 0.296. The Morgan fingerprint density at radius 1 is 0.892 bits per heavy atom. The number of aromatic nitrogens is 3. The van der Waals surface area contributed by atoms with Crippen LogP contribution < -0.4 is 5.32 Å². The minimum Gasteiger partial charge on any atom is -0.383 e. The zero-order valence-corrected chi connectivity index (χ0v) is 20.3. The third kappa shape index (κ3) is 4.71. The Morgan fingerprint density at radius 2 is 1.49 bits per heavy atom. The van der Waals surface area contributed by atoms with Crippen LogP contribution in [-0.4, -0.2) is 40.7 Å². The highest BCUT2D eigenvalue weighted by Crippen LogP contribution is 2.43. The van der Waals surface area contributed by atoms with Crippen LogP contribution in [0.1, 0.15) is 10.5 Å². The average Bonchev–Trinajstić information content (AvgIpc) is 3.25. The monoisotopic (exact) mass is 498 g/mol. The molecule has 0 aliphatic carbocycles. The third-order valence-corrected chi connectivity index (χ3v) is 6.21. The third-order valence-electron chi connectivity index (χ3n) is 6.21. The first-order chi connectivity index (χ1) is 18.0. The molecule has 5 rings (SSSR count). The molecule has 186 valence electrons. The number of benzene rings is 2. The number of pyridine rings is 2. The summed E-state index contributed by atoms with van der Waals surface area (Å²) < 4.78 is 34.6. The van der Waals surface area contributed by atoms with Crippen LogP contribution in [-0.2, 0) is 11.8 Å². The number of nitrogens with one attached hydrogen (secondary N) is 1. The Hall–Kier alpha value is -4.43. The maximum Gasteiger partial charge on any atom is 0.268 e. The van der Waals surface area contributed by atoms with Crippen LogP contribution in [0.25, 0.3) is 44.5 Å². The summed E-state index contributed by atoms with van der Waals surface area (Å²) in [5.74, 6) is -0.983. The van der Waals surface area contributed by atoms with Gasteiger partial charge in [-0.2, -0.15) is 0 Å². The molecule has 37 heavy (non-hydrogen) atoms. The molecular weight excluding hydrogens is 474 g/mol. The van der Waals surface area contributed by atoms with Crippen molar-refractivity contribution >= 4 is 16.9 Å². The summed E-state index contributed by atoms with van der Waals surface area (Å²) >= 11 is 0. The molecule has 0 unspecified atom stereocenters. The molecule has 0 spiro atoms. The van der Waals surface area contributed by atoms with Crippen molar-refractivity contribution in [3.8, 4) is 33.5 Å². The number of halogens is 2. The molecule has 0 radical (unpaired) electrons. The van der Waals surface area contributed by atoms with E-state index in [2.05, 4.69) is 10.3 Å². The lowest BCUT2D eigenvalue weighted by molar-refractivity contribution is 0.0929. The van der Waals surface area contributed by atoms with E-state index < -0.39 is 0 Å². The Morgan fingerprint density at radius 3 is 2.11 bits per heavy atom. The lowest BCUT2D eigenvalue weighted by Gasteiger charge is -2.18. The molecule has 0 aliphatic heterocycles. The molecule has 0 atom stereocenters. The molecule has 0 fully saturated rings. The summed E-state index contributed by atoms with van der Waals surface area (Å²) in [4.78, 5) is 22.2. The van der Waals surface area contributed by atoms with Gasteiger partial charge in [0.05, 0.1) is 23.3 Å². The zero-order valence-electron chi connectivity index (χ0n) is 20.3. The van der Waals surface area contributed by atoms with Gasteiger partial charge in [-0.1, -0.05) is 12.1 Å². The topological polar surface area (TPSA) is 69.0 Å². The van der Waals surface area contributed by atoms with E-state index in [1.54, 1.807) is 61.5 Å². The fraction of sp³-hybridized carbons (Fsp3) is 0.138. The lowest BCUT2D eigenvalue weighted by atomic mass is 9.90. The zero-order chi connectivity index (χ0) is 25.9. The molecule has 0 saturated carbocycles. The number of aryl methyl sites for hydroxylation is 1. The first-order valence-corrected chi connectivity index (χ1v) is 11.7. The second-order valence-corrected chi connectivity index (χ2v) is 8.53. The number of methoxy groups -OCH3 is 1. The van der Waals surface area contributed by atoms with Crippen LogP contribution in [0.3, 0.4) is 0 Å². The molecule has 3 aromatic heterocycles. The smallest absolute Gasteiger partial charge is 0.268 e. The number of rotatable bonds is 7. The largest absolute Gasteiger partial charge is 0.383 e. The lowest BCUT2D eigenvalue weighted by Crippen LogP contribution is -2.28. The van der Waals surface area contributed by atoms with Crippen molar-refractivity contribution in [3.63, 3.8) is 0 Å². The summed E-state index contributed by atoms with van der Waals surface area (Å²) in [6, 6.07) is 17.8. The van der Waals surface area contributed by atoms with Crippen LogP contribution in [0.15, 0.2) is 79.1 Å². The fourth-order valence-electron chi connectivity index (χ4n) is 4.47. The van der Waals surface area contributed by atoms with E-state index in [1.165, 1.54) is 24.3 Å². The number of amides is 1. The van der Waals surface area contributed by atoms with Crippen molar-refractivity contribution in [2.24, 2.45) is 7.05 Å². The van der Waals surface area contributed by atoms with E-state index in [0.29, 0.717) is 41.1 Å². The van der Waals surface area contributed by atoms with Crippen molar-refractivity contribution in [2.75, 3.05) is 20.3 Å². The van der Waals surface area contributed by atoms with Crippen LogP contribution in [0.5, 0.6) is 0 Å². The Balaban J connectivity index is 1.86. The van der Waals surface area contributed by atoms with Crippen molar-refractivity contribution in [1.82, 2.24) is 19.9 Å². The van der Waals surface area contributed by atoms with E-state index in [-0.39, 0.29) is 17.5 Å². The van der Waals surface area contributed by atoms with Gasteiger partial charge in [0.15, 0.2) is 0 Å². The maximum absolute atomic E-state index is 13.9. The molecule has 5 aromatic rings. The van der Waals surface area contributed by atoms with Crippen LogP contribution in [0, 0.1) is 11.6 Å². The van der Waals surface area contributed by atoms with Crippen molar-refractivity contribution < 1.29 is 18.3 Å². The average molecular weight is 499 g/mol. The molecule has 0 aliphatic rings. The van der Waals surface area contributed by atoms with E-state index in [4.69, 9.17) is 9.72 Å². The van der Waals surface area contributed by atoms with Crippen LogP contribution >= 0.6 is 0 Å². The number of fused-ring (bicyclic) bond motifs is 1. The first-order valence-electron chi connectivity index (χ1n) is 11.7. The highest BCUT2D eigenvalue weighted by atomic mass is 19.1. The number of carbonyl (C=O) groups excluding carboxylic acids is 1. The number of hydrogen-bond acceptors (Lipinski definition) is 4. The first kappa shape index (κ1) is 24.3. The van der Waals surface area contributed by atoms with Gasteiger partial charge < -0.3 is 14.6 Å². The molecule has 8 heteroatoms. The normalized spacial score (nSPS) is 11.1. The minimum atomic E-state index is -0.358. The Bertz CT molecular complexity index is 1560. The molecule has 2 aromatic carbocycles. The van der Waals surface area contributed by atoms with E-state index in [1.807, 2.05) is 12.1 Å². The van der Waals surface area contributed by atoms with Crippen LogP contribution in [0.4, 0.5) is 8.78 Å². The molecule has 1 amide bonds. The standard InChI is InChI=1S/C29H24F2N4O2/c1-35-24(29(36)33-15-16-37-2)17-23-28(35)26(18-3-7-21(30)8-4-18)25(19-11-13-32-14-12-19)27(34-23)20-5-9-22(31)10-6-20/h3-14,17H,15-16H2,1-2H3,(H,33,36). The van der Waals surface area contributed by atoms with E-state index in [9.17, 15) is 13.6 Å². The second kappa shape index (κ2) is 10.3. The molecular formula is C29H24F2N4O2. The summed E-state index contributed by atoms with van der Waals surface area (Å²) in [7, 11) is 3.37. The van der Waals surface area contributed by atoms with Crippen molar-refractivity contribution in [2.45, 2.75) is 0 Å². The SMILES string of the molecule is COCCNC(=O)c1cc2nc(-c3ccc(F)cc3)c(-c3ccncc3)c(-c3ccc(F)cc3)c2n1C. The fourth-order valence-corrected chi connectivity index (χ4v) is 4.47. The molecule has 6 nitrogen and oxygen atoms in total. The van der Waals surface area contributed by atoms with E-state index >= 15 is 0 Å². The minimum absolute atomic E-state index is 0.267. The molecule has 0 saturated heterocycles. The van der Waals surface area contributed by atoms with Gasteiger partial charge in [0.1, 0.15) is 17.3 Å². The van der Waals surface area contributed by atoms with Crippen molar-refractivity contribution in [1.29, 1.82) is 0 Å². The molecule has 1 N–H and O–H groups in total. The van der Waals surface area contributed by atoms with Gasteiger partial charge in [0.25, 0.3) is 5.91 Å². The predicted octanol–water partition coefficient (Wildman–Crippen LogP) is 5.62. The number of nitrogens with zero attached hydrogens (tertiary/aromatic N) is 3. The highest BCUT2D eigenvalue weighted by Gasteiger charge is 2.24. The Labute approximate surface area is 212 Å². The molecule has 0 bridgehead atoms. The van der Waals surface area contributed by atoms with Crippen LogP contribution in [0.2, 0.25) is 0 Å². The predicted molar refractivity (Wildman–Crippen MR) is 139 cm³/mol. The summed E-state index contributed by atoms with van der Waals surface area (Å²) in [6.45, 7) is 0.744. The van der Waals surface area contributed by atoms with Gasteiger partial charge in [0, 0.05) is 49.8 Å². The number of hydrogen-bond donors (Lipinski definition) is 1. The van der Waals surface area contributed by atoms with Gasteiger partial charge in [-0.25, -0.2) is 13.8 Å². The van der Waals surface area contributed by atoms with E-state index in [0.717, 1.165) is 22.3 Å². The Kier molecular flexibility index (Phi) is 6.74. The maximum atomic E-state index is 13.9. The summed E-state index contributed by atoms with van der Waals surface area (Å²) in [6.07, 6.45) is 3.37. The van der Waals surface area contributed by atoms with Gasteiger partial charge in [-0.3, -0.25) is 9.78 Å².